The van der Waals surface area contributed by atoms with Gasteiger partial charge in [-0.25, -0.2) is 8.42 Å². The number of amides is 1. The zero-order valence-electron chi connectivity index (χ0n) is 18.8. The normalized spacial score (nSPS) is 12.1. The summed E-state index contributed by atoms with van der Waals surface area (Å²) in [6.45, 7) is 0.217. The molecule has 0 radical (unpaired) electrons. The van der Waals surface area contributed by atoms with Gasteiger partial charge in [-0.05, 0) is 65.9 Å². The Morgan fingerprint density at radius 3 is 2.06 bits per heavy atom. The first-order chi connectivity index (χ1) is 16.6. The number of carbonyl (C=O) groups excluding carboxylic acids is 1. The molecule has 3 aromatic rings. The predicted octanol–water partition coefficient (Wildman–Crippen LogP) is 3.46. The number of aliphatic carboxylic acids is 1. The number of hydrogen-bond acceptors (Lipinski definition) is 5. The lowest BCUT2D eigenvalue weighted by molar-refractivity contribution is -0.139. The van der Waals surface area contributed by atoms with Gasteiger partial charge in [0.25, 0.3) is 0 Å². The van der Waals surface area contributed by atoms with Crippen LogP contribution in [0.2, 0.25) is 5.02 Å². The van der Waals surface area contributed by atoms with Crippen molar-refractivity contribution in [3.8, 4) is 11.1 Å². The van der Waals surface area contributed by atoms with Gasteiger partial charge >= 0.3 is 5.97 Å². The van der Waals surface area contributed by atoms with Gasteiger partial charge < -0.3 is 16.2 Å². The number of nitrogens with two attached hydrogens (primary N) is 1. The molecule has 0 aliphatic carbocycles. The van der Waals surface area contributed by atoms with Crippen LogP contribution < -0.4 is 15.8 Å². The van der Waals surface area contributed by atoms with E-state index in [1.54, 1.807) is 48.5 Å². The van der Waals surface area contributed by atoms with Gasteiger partial charge in [0.05, 0.1) is 11.3 Å². The third-order valence-electron chi connectivity index (χ3n) is 5.27. The van der Waals surface area contributed by atoms with E-state index >= 15 is 0 Å². The molecule has 3 rings (SSSR count). The molecule has 0 saturated heterocycles. The van der Waals surface area contributed by atoms with Gasteiger partial charge in [-0.1, -0.05) is 48.0 Å². The molecule has 1 amide bonds. The summed E-state index contributed by atoms with van der Waals surface area (Å²) < 4.78 is 27.7. The molecule has 0 fully saturated rings. The van der Waals surface area contributed by atoms with Crippen LogP contribution in [-0.2, 0) is 26.0 Å². The van der Waals surface area contributed by atoms with Crippen LogP contribution in [0.5, 0.6) is 0 Å². The minimum Gasteiger partial charge on any atom is -0.480 e. The zero-order chi connectivity index (χ0) is 25.4. The number of hydrogen-bond donors (Lipinski definition) is 4. The molecule has 184 valence electrons. The quantitative estimate of drug-likeness (QED) is 0.228. The molecular weight excluding hydrogens is 490 g/mol. The van der Waals surface area contributed by atoms with E-state index in [2.05, 4.69) is 10.0 Å². The van der Waals surface area contributed by atoms with Crippen LogP contribution in [0.3, 0.4) is 0 Å². The molecule has 0 bridgehead atoms. The minimum absolute atomic E-state index is 0.0135. The fraction of sp³-hybridized carbons (Fsp3) is 0.200. The predicted molar refractivity (Wildman–Crippen MR) is 135 cm³/mol. The summed E-state index contributed by atoms with van der Waals surface area (Å²) >= 11 is 5.90. The van der Waals surface area contributed by atoms with Crippen molar-refractivity contribution < 1.29 is 23.1 Å². The molecule has 3 aromatic carbocycles. The third kappa shape index (κ3) is 7.81. The fourth-order valence-corrected chi connectivity index (χ4v) is 4.72. The first-order valence-corrected chi connectivity index (χ1v) is 12.7. The SMILES string of the molecule is Nc1ccc(CC(=O)NCCC[C@H](NS(=O)(=O)c2ccc(-c3ccc(Cl)cc3)cc2)C(=O)O)cc1. The van der Waals surface area contributed by atoms with E-state index in [-0.39, 0.29) is 36.6 Å². The highest BCUT2D eigenvalue weighted by Crippen LogP contribution is 2.23. The average Bonchev–Trinajstić information content (AvgIpc) is 2.83. The highest BCUT2D eigenvalue weighted by molar-refractivity contribution is 7.89. The summed E-state index contributed by atoms with van der Waals surface area (Å²) in [5, 5.41) is 12.8. The smallest absolute Gasteiger partial charge is 0.321 e. The Kier molecular flexibility index (Phi) is 8.86. The summed E-state index contributed by atoms with van der Waals surface area (Å²) in [7, 11) is -4.06. The number of sulfonamides is 1. The number of nitrogen functional groups attached to an aromatic ring is 1. The third-order valence-corrected chi connectivity index (χ3v) is 7.01. The molecular formula is C25H26ClN3O5S. The lowest BCUT2D eigenvalue weighted by atomic mass is 10.1. The number of anilines is 1. The van der Waals surface area contributed by atoms with Crippen molar-refractivity contribution >= 4 is 39.2 Å². The standard InChI is InChI=1S/C25H26ClN3O5S/c26-20-9-5-18(6-10-20)19-7-13-22(14-8-19)35(33,34)29-23(25(31)32)2-1-15-28-24(30)16-17-3-11-21(27)12-4-17/h3-14,23,29H,1-2,15-16,27H2,(H,28,30)(H,31,32)/t23-/m0/s1. The van der Waals surface area contributed by atoms with Gasteiger partial charge in [0, 0.05) is 17.3 Å². The Labute approximate surface area is 209 Å². The van der Waals surface area contributed by atoms with Crippen molar-refractivity contribution in [3.63, 3.8) is 0 Å². The highest BCUT2D eigenvalue weighted by Gasteiger charge is 2.25. The van der Waals surface area contributed by atoms with E-state index in [1.165, 1.54) is 12.1 Å². The maximum Gasteiger partial charge on any atom is 0.321 e. The molecule has 0 saturated carbocycles. The second kappa shape index (κ2) is 11.8. The molecule has 0 unspecified atom stereocenters. The molecule has 5 N–H and O–H groups in total. The number of carbonyl (C=O) groups is 2. The van der Waals surface area contributed by atoms with Crippen molar-refractivity contribution in [3.05, 3.63) is 83.4 Å². The Morgan fingerprint density at radius 1 is 0.914 bits per heavy atom. The van der Waals surface area contributed by atoms with Gasteiger partial charge in [0.15, 0.2) is 0 Å². The summed E-state index contributed by atoms with van der Waals surface area (Å²) in [4.78, 5) is 23.7. The number of rotatable bonds is 11. The minimum atomic E-state index is -4.06. The first-order valence-electron chi connectivity index (χ1n) is 10.9. The highest BCUT2D eigenvalue weighted by atomic mass is 35.5. The fourth-order valence-electron chi connectivity index (χ4n) is 3.37. The molecule has 1 atom stereocenters. The van der Waals surface area contributed by atoms with E-state index in [1.807, 2.05) is 12.1 Å². The van der Waals surface area contributed by atoms with E-state index < -0.39 is 22.0 Å². The number of carboxylic acids is 1. The first kappa shape index (κ1) is 26.2. The van der Waals surface area contributed by atoms with Crippen molar-refractivity contribution in [1.82, 2.24) is 10.0 Å². The molecule has 0 aliphatic heterocycles. The monoisotopic (exact) mass is 515 g/mol. The summed E-state index contributed by atoms with van der Waals surface area (Å²) in [5.74, 6) is -1.51. The topological polar surface area (TPSA) is 139 Å². The molecule has 8 nitrogen and oxygen atoms in total. The lowest BCUT2D eigenvalue weighted by Gasteiger charge is -2.15. The lowest BCUT2D eigenvalue weighted by Crippen LogP contribution is -2.41. The van der Waals surface area contributed by atoms with Crippen LogP contribution in [-0.4, -0.2) is 38.0 Å². The summed E-state index contributed by atoms with van der Waals surface area (Å²) in [6, 6.07) is 18.8. The average molecular weight is 516 g/mol. The Morgan fingerprint density at radius 2 is 1.49 bits per heavy atom. The molecule has 0 aromatic heterocycles. The number of nitrogens with one attached hydrogen (secondary N) is 2. The maximum atomic E-state index is 12.7. The van der Waals surface area contributed by atoms with Crippen molar-refractivity contribution in [2.24, 2.45) is 0 Å². The summed E-state index contributed by atoms with van der Waals surface area (Å²) in [6.07, 6.45) is 0.462. The van der Waals surface area contributed by atoms with Crippen LogP contribution >= 0.6 is 11.6 Å². The molecule has 0 heterocycles. The largest absolute Gasteiger partial charge is 0.480 e. The Balaban J connectivity index is 1.53. The second-order valence-corrected chi connectivity index (χ2v) is 10.1. The van der Waals surface area contributed by atoms with Gasteiger partial charge in [0.1, 0.15) is 6.04 Å². The zero-order valence-corrected chi connectivity index (χ0v) is 20.4. The van der Waals surface area contributed by atoms with E-state index in [0.29, 0.717) is 10.7 Å². The van der Waals surface area contributed by atoms with Crippen molar-refractivity contribution in [2.45, 2.75) is 30.2 Å². The maximum absolute atomic E-state index is 12.7. The van der Waals surface area contributed by atoms with Gasteiger partial charge in [0.2, 0.25) is 15.9 Å². The molecule has 0 aliphatic rings. The molecule has 35 heavy (non-hydrogen) atoms. The van der Waals surface area contributed by atoms with Crippen molar-refractivity contribution in [1.29, 1.82) is 0 Å². The van der Waals surface area contributed by atoms with Gasteiger partial charge in [-0.3, -0.25) is 9.59 Å². The molecule has 10 heteroatoms. The van der Waals surface area contributed by atoms with Gasteiger partial charge in [-0.15, -0.1) is 0 Å². The number of halogens is 1. The number of carboxylic acid groups (broad SMARTS) is 1. The summed E-state index contributed by atoms with van der Waals surface area (Å²) in [5.41, 5.74) is 8.69. The van der Waals surface area contributed by atoms with Crippen LogP contribution in [0.25, 0.3) is 11.1 Å². The van der Waals surface area contributed by atoms with E-state index in [9.17, 15) is 23.1 Å². The van der Waals surface area contributed by atoms with Gasteiger partial charge in [-0.2, -0.15) is 4.72 Å². The molecule has 0 spiro atoms. The van der Waals surface area contributed by atoms with Crippen LogP contribution in [0, 0.1) is 0 Å². The second-order valence-electron chi connectivity index (χ2n) is 7.95. The Bertz CT molecular complexity index is 1260. The van der Waals surface area contributed by atoms with E-state index in [0.717, 1.165) is 16.7 Å². The van der Waals surface area contributed by atoms with Crippen LogP contribution in [0.15, 0.2) is 77.7 Å². The van der Waals surface area contributed by atoms with Crippen molar-refractivity contribution in [2.75, 3.05) is 12.3 Å². The van der Waals surface area contributed by atoms with E-state index in [4.69, 9.17) is 17.3 Å². The van der Waals surface area contributed by atoms with Crippen LogP contribution in [0.4, 0.5) is 5.69 Å². The number of benzene rings is 3. The Hall–Kier alpha value is -3.40. The van der Waals surface area contributed by atoms with Crippen LogP contribution in [0.1, 0.15) is 18.4 Å².